The van der Waals surface area contributed by atoms with Crippen molar-refractivity contribution in [2.75, 3.05) is 0 Å². The molecule has 0 radical (unpaired) electrons. The van der Waals surface area contributed by atoms with E-state index in [1.165, 1.54) is 25.6 Å². The summed E-state index contributed by atoms with van der Waals surface area (Å²) in [6, 6.07) is -1.14. The molecule has 3 unspecified atom stereocenters. The molecule has 1 heterocycles. The van der Waals surface area contributed by atoms with Gasteiger partial charge in [0.2, 0.25) is 0 Å². The summed E-state index contributed by atoms with van der Waals surface area (Å²) in [5, 5.41) is 14.7. The number of aliphatic carboxylic acids is 1. The first-order chi connectivity index (χ1) is 10.1. The smallest absolute Gasteiger partial charge is 0.326 e. The van der Waals surface area contributed by atoms with E-state index in [0.29, 0.717) is 11.6 Å². The number of carbonyl (C=O) groups is 2. The van der Waals surface area contributed by atoms with Crippen molar-refractivity contribution in [3.05, 3.63) is 18.2 Å². The first-order valence-electron chi connectivity index (χ1n) is 7.39. The van der Waals surface area contributed by atoms with Crippen molar-refractivity contribution in [2.24, 2.45) is 11.8 Å². The van der Waals surface area contributed by atoms with Gasteiger partial charge in [-0.2, -0.15) is 0 Å². The number of fused-ring (bicyclic) bond motifs is 2. The van der Waals surface area contributed by atoms with Gasteiger partial charge in [-0.25, -0.2) is 14.6 Å². The van der Waals surface area contributed by atoms with Crippen molar-refractivity contribution in [2.45, 2.75) is 44.2 Å². The highest BCUT2D eigenvalue weighted by molar-refractivity contribution is 5.82. The maximum Gasteiger partial charge on any atom is 0.326 e. The molecule has 114 valence electrons. The number of H-pyrrole nitrogens is 1. The number of rotatable bonds is 5. The zero-order valence-corrected chi connectivity index (χ0v) is 11.7. The lowest BCUT2D eigenvalue weighted by molar-refractivity contribution is -0.139. The third kappa shape index (κ3) is 3.17. The molecule has 2 amide bonds. The first-order valence-corrected chi connectivity index (χ1v) is 7.39. The summed E-state index contributed by atoms with van der Waals surface area (Å²) in [5.74, 6) is 0.255. The minimum absolute atomic E-state index is 0.194. The quantitative estimate of drug-likeness (QED) is 0.646. The van der Waals surface area contributed by atoms with Crippen LogP contribution in [0.25, 0.3) is 0 Å². The Morgan fingerprint density at radius 1 is 1.43 bits per heavy atom. The fraction of sp³-hybridized carbons (Fsp3) is 0.643. The summed E-state index contributed by atoms with van der Waals surface area (Å²) in [6.45, 7) is 0. The zero-order chi connectivity index (χ0) is 14.8. The van der Waals surface area contributed by atoms with Gasteiger partial charge in [-0.3, -0.25) is 0 Å². The number of hydrogen-bond acceptors (Lipinski definition) is 3. The van der Waals surface area contributed by atoms with Gasteiger partial charge in [0.05, 0.1) is 6.33 Å². The zero-order valence-electron chi connectivity index (χ0n) is 11.7. The van der Waals surface area contributed by atoms with Crippen molar-refractivity contribution >= 4 is 12.0 Å². The summed E-state index contributed by atoms with van der Waals surface area (Å²) >= 11 is 0. The van der Waals surface area contributed by atoms with Gasteiger partial charge in [0, 0.05) is 24.4 Å². The van der Waals surface area contributed by atoms with E-state index in [-0.39, 0.29) is 18.5 Å². The number of nitrogens with zero attached hydrogens (tertiary/aromatic N) is 1. The molecule has 7 heteroatoms. The van der Waals surface area contributed by atoms with Crippen molar-refractivity contribution in [3.63, 3.8) is 0 Å². The molecular formula is C14H20N4O3. The number of aromatic nitrogens is 2. The highest BCUT2D eigenvalue weighted by Gasteiger charge is 2.40. The van der Waals surface area contributed by atoms with Crippen LogP contribution in [0.5, 0.6) is 0 Å². The number of urea groups is 1. The molecule has 3 rings (SSSR count). The summed E-state index contributed by atoms with van der Waals surface area (Å²) in [4.78, 5) is 29.9. The number of carbonyl (C=O) groups excluding carboxylic acids is 1. The van der Waals surface area contributed by atoms with Crippen molar-refractivity contribution in [3.8, 4) is 0 Å². The van der Waals surface area contributed by atoms with Crippen LogP contribution in [0.3, 0.4) is 0 Å². The number of hydrogen-bond donors (Lipinski definition) is 4. The topological polar surface area (TPSA) is 107 Å². The Balaban J connectivity index is 1.53. The summed E-state index contributed by atoms with van der Waals surface area (Å²) in [6.07, 6.45) is 7.90. The van der Waals surface area contributed by atoms with E-state index in [2.05, 4.69) is 20.6 Å². The highest BCUT2D eigenvalue weighted by atomic mass is 16.4. The normalized spacial score (nSPS) is 28.3. The van der Waals surface area contributed by atoms with Crippen LogP contribution in [0.4, 0.5) is 4.79 Å². The second kappa shape index (κ2) is 5.75. The van der Waals surface area contributed by atoms with Gasteiger partial charge in [-0.05, 0) is 31.1 Å². The number of carboxylic acid groups (broad SMARTS) is 1. The van der Waals surface area contributed by atoms with E-state index < -0.39 is 12.0 Å². The lowest BCUT2D eigenvalue weighted by atomic mass is 9.95. The molecule has 4 N–H and O–H groups in total. The van der Waals surface area contributed by atoms with E-state index in [1.807, 2.05) is 0 Å². The van der Waals surface area contributed by atoms with Gasteiger partial charge in [-0.1, -0.05) is 6.42 Å². The molecule has 0 saturated heterocycles. The second-order valence-corrected chi connectivity index (χ2v) is 6.07. The van der Waals surface area contributed by atoms with Crippen LogP contribution >= 0.6 is 0 Å². The minimum atomic E-state index is -1.05. The van der Waals surface area contributed by atoms with Gasteiger partial charge >= 0.3 is 12.0 Å². The average molecular weight is 292 g/mol. The Morgan fingerprint density at radius 2 is 2.29 bits per heavy atom. The van der Waals surface area contributed by atoms with E-state index in [9.17, 15) is 14.7 Å². The average Bonchev–Trinajstić information content (AvgIpc) is 3.14. The first kappa shape index (κ1) is 13.9. The van der Waals surface area contributed by atoms with E-state index in [1.54, 1.807) is 6.20 Å². The monoisotopic (exact) mass is 292 g/mol. The van der Waals surface area contributed by atoms with E-state index >= 15 is 0 Å². The summed E-state index contributed by atoms with van der Waals surface area (Å²) < 4.78 is 0. The standard InChI is InChI=1S/C14H20N4O3/c19-13(20)12(5-10-6-15-7-16-10)18-14(21)17-11-4-8-1-2-9(11)3-8/h6-9,11-12H,1-5H2,(H,15,16)(H,19,20)(H2,17,18,21)/t8?,9?,11?,12-/m1/s1. The van der Waals surface area contributed by atoms with Crippen LogP contribution in [-0.2, 0) is 11.2 Å². The molecule has 7 nitrogen and oxygen atoms in total. The maximum atomic E-state index is 12.0. The Hall–Kier alpha value is -2.05. The van der Waals surface area contributed by atoms with Crippen molar-refractivity contribution in [1.29, 1.82) is 0 Å². The van der Waals surface area contributed by atoms with Crippen LogP contribution in [0.15, 0.2) is 12.5 Å². The number of aromatic amines is 1. The molecule has 1 aromatic rings. The molecule has 21 heavy (non-hydrogen) atoms. The molecule has 2 aliphatic carbocycles. The van der Waals surface area contributed by atoms with Crippen molar-refractivity contribution in [1.82, 2.24) is 20.6 Å². The number of imidazole rings is 1. The van der Waals surface area contributed by atoms with Gasteiger partial charge < -0.3 is 20.7 Å². The van der Waals surface area contributed by atoms with Crippen LogP contribution in [0, 0.1) is 11.8 Å². The fourth-order valence-electron chi connectivity index (χ4n) is 3.61. The van der Waals surface area contributed by atoms with E-state index in [0.717, 1.165) is 12.3 Å². The number of carboxylic acids is 1. The molecule has 4 atom stereocenters. The van der Waals surface area contributed by atoms with Crippen molar-refractivity contribution < 1.29 is 14.7 Å². The largest absolute Gasteiger partial charge is 0.480 e. The number of nitrogens with one attached hydrogen (secondary N) is 3. The maximum absolute atomic E-state index is 12.0. The van der Waals surface area contributed by atoms with E-state index in [4.69, 9.17) is 0 Å². The lowest BCUT2D eigenvalue weighted by Crippen LogP contribution is -2.50. The summed E-state index contributed by atoms with van der Waals surface area (Å²) in [5.41, 5.74) is 0.683. The van der Waals surface area contributed by atoms with Gasteiger partial charge in [0.25, 0.3) is 0 Å². The van der Waals surface area contributed by atoms with Crippen LogP contribution in [0.1, 0.15) is 31.4 Å². The SMILES string of the molecule is O=C(NC1CC2CCC1C2)N[C@H](Cc1cnc[nH]1)C(=O)O. The molecule has 2 aliphatic rings. The predicted octanol–water partition coefficient (Wildman–Crippen LogP) is 0.893. The molecule has 2 fully saturated rings. The second-order valence-electron chi connectivity index (χ2n) is 6.07. The van der Waals surface area contributed by atoms with Gasteiger partial charge in [0.15, 0.2) is 0 Å². The lowest BCUT2D eigenvalue weighted by Gasteiger charge is -2.24. The van der Waals surface area contributed by atoms with Gasteiger partial charge in [-0.15, -0.1) is 0 Å². The molecule has 2 bridgehead atoms. The molecule has 1 aromatic heterocycles. The minimum Gasteiger partial charge on any atom is -0.480 e. The van der Waals surface area contributed by atoms with Crippen LogP contribution in [-0.4, -0.2) is 39.2 Å². The van der Waals surface area contributed by atoms with Gasteiger partial charge in [0.1, 0.15) is 6.04 Å². The Morgan fingerprint density at radius 3 is 2.86 bits per heavy atom. The van der Waals surface area contributed by atoms with Crippen LogP contribution < -0.4 is 10.6 Å². The number of amides is 2. The summed E-state index contributed by atoms with van der Waals surface area (Å²) in [7, 11) is 0. The highest BCUT2D eigenvalue weighted by Crippen LogP contribution is 2.44. The molecule has 2 saturated carbocycles. The molecular weight excluding hydrogens is 272 g/mol. The third-order valence-electron chi connectivity index (χ3n) is 4.64. The fourth-order valence-corrected chi connectivity index (χ4v) is 3.61. The molecule has 0 aromatic carbocycles. The Bertz CT molecular complexity index is 516. The predicted molar refractivity (Wildman–Crippen MR) is 74.6 cm³/mol. The Labute approximate surface area is 122 Å². The molecule has 0 spiro atoms. The van der Waals surface area contributed by atoms with Crippen LogP contribution in [0.2, 0.25) is 0 Å². The third-order valence-corrected chi connectivity index (χ3v) is 4.64. The molecule has 0 aliphatic heterocycles. The Kier molecular flexibility index (Phi) is 3.81.